The van der Waals surface area contributed by atoms with Gasteiger partial charge in [0, 0.05) is 11.1 Å². The van der Waals surface area contributed by atoms with E-state index in [9.17, 15) is 13.2 Å². The molecule has 0 heterocycles. The van der Waals surface area contributed by atoms with Crippen molar-refractivity contribution >= 4 is 27.5 Å². The summed E-state index contributed by atoms with van der Waals surface area (Å²) >= 11 is 5.85. The molecule has 5 nitrogen and oxygen atoms in total. The summed E-state index contributed by atoms with van der Waals surface area (Å²) in [5.74, 6) is -0.353. The monoisotopic (exact) mass is 318 g/mol. The van der Waals surface area contributed by atoms with Gasteiger partial charge < -0.3 is 5.32 Å². The van der Waals surface area contributed by atoms with Crippen LogP contribution in [0, 0.1) is 6.92 Å². The maximum absolute atomic E-state index is 12.0. The van der Waals surface area contributed by atoms with Crippen LogP contribution < -0.4 is 10.0 Å². The van der Waals surface area contributed by atoms with Crippen molar-refractivity contribution in [1.82, 2.24) is 10.0 Å². The van der Waals surface area contributed by atoms with E-state index in [1.54, 1.807) is 6.92 Å². The highest BCUT2D eigenvalue weighted by Crippen LogP contribution is 2.19. The molecule has 0 saturated carbocycles. The van der Waals surface area contributed by atoms with E-state index in [1.165, 1.54) is 18.2 Å². The van der Waals surface area contributed by atoms with Crippen LogP contribution in [0.25, 0.3) is 0 Å². The first-order chi connectivity index (χ1) is 9.26. The molecule has 1 aromatic rings. The van der Waals surface area contributed by atoms with Gasteiger partial charge >= 0.3 is 0 Å². The second kappa shape index (κ2) is 7.06. The lowest BCUT2D eigenvalue weighted by Gasteiger charge is -2.12. The van der Waals surface area contributed by atoms with Crippen molar-refractivity contribution in [2.45, 2.75) is 38.1 Å². The van der Waals surface area contributed by atoms with Gasteiger partial charge in [-0.1, -0.05) is 18.5 Å². The lowest BCUT2D eigenvalue weighted by molar-refractivity contribution is -0.120. The average molecular weight is 319 g/mol. The minimum atomic E-state index is -3.71. The Bertz CT molecular complexity index is 587. The van der Waals surface area contributed by atoms with Crippen LogP contribution in [0.15, 0.2) is 23.1 Å². The fourth-order valence-electron chi connectivity index (χ4n) is 1.46. The van der Waals surface area contributed by atoms with E-state index in [1.807, 2.05) is 13.8 Å². The minimum Gasteiger partial charge on any atom is -0.353 e. The molecule has 7 heteroatoms. The number of carbonyl (C=O) groups excluding carboxylic acids is 1. The molecule has 1 amide bonds. The van der Waals surface area contributed by atoms with Gasteiger partial charge in [0.1, 0.15) is 0 Å². The quantitative estimate of drug-likeness (QED) is 0.840. The van der Waals surface area contributed by atoms with Crippen LogP contribution in [0.5, 0.6) is 0 Å². The van der Waals surface area contributed by atoms with Gasteiger partial charge in [-0.05, 0) is 44.0 Å². The number of carbonyl (C=O) groups is 1. The Morgan fingerprint density at radius 3 is 2.60 bits per heavy atom. The number of halogens is 1. The predicted octanol–water partition coefficient (Wildman–Crippen LogP) is 1.84. The summed E-state index contributed by atoms with van der Waals surface area (Å²) in [6, 6.07) is 4.41. The Hall–Kier alpha value is -1.11. The van der Waals surface area contributed by atoms with Gasteiger partial charge in [0.15, 0.2) is 0 Å². The van der Waals surface area contributed by atoms with Crippen LogP contribution >= 0.6 is 11.6 Å². The van der Waals surface area contributed by atoms with Crippen LogP contribution in [0.3, 0.4) is 0 Å². The molecule has 1 atom stereocenters. The molecular formula is C13H19ClN2O3S. The molecule has 0 fully saturated rings. The minimum absolute atomic E-state index is 0.0183. The fourth-order valence-corrected chi connectivity index (χ4v) is 2.64. The molecule has 0 saturated heterocycles. The van der Waals surface area contributed by atoms with Crippen molar-refractivity contribution in [3.8, 4) is 0 Å². The number of rotatable bonds is 6. The summed E-state index contributed by atoms with van der Waals surface area (Å²) in [4.78, 5) is 11.6. The van der Waals surface area contributed by atoms with Gasteiger partial charge in [-0.15, -0.1) is 0 Å². The van der Waals surface area contributed by atoms with Crippen LogP contribution in [0.1, 0.15) is 25.8 Å². The Balaban J connectivity index is 2.70. The number of nitrogens with one attached hydrogen (secondary N) is 2. The number of sulfonamides is 1. The molecule has 20 heavy (non-hydrogen) atoms. The Morgan fingerprint density at radius 1 is 1.40 bits per heavy atom. The first kappa shape index (κ1) is 16.9. The number of aryl methyl sites for hydroxylation is 1. The largest absolute Gasteiger partial charge is 0.353 e. The number of hydrogen-bond acceptors (Lipinski definition) is 3. The first-order valence-corrected chi connectivity index (χ1v) is 8.17. The molecule has 0 aliphatic heterocycles. The zero-order chi connectivity index (χ0) is 15.3. The second-order valence-electron chi connectivity index (χ2n) is 4.61. The zero-order valence-electron chi connectivity index (χ0n) is 11.7. The fraction of sp³-hybridized carbons (Fsp3) is 0.462. The van der Waals surface area contributed by atoms with Crippen molar-refractivity contribution in [3.63, 3.8) is 0 Å². The van der Waals surface area contributed by atoms with Crippen molar-refractivity contribution in [3.05, 3.63) is 28.8 Å². The van der Waals surface area contributed by atoms with E-state index in [0.29, 0.717) is 10.6 Å². The summed E-state index contributed by atoms with van der Waals surface area (Å²) < 4.78 is 26.3. The van der Waals surface area contributed by atoms with Crippen LogP contribution in [0.2, 0.25) is 5.02 Å². The second-order valence-corrected chi connectivity index (χ2v) is 6.79. The average Bonchev–Trinajstić information content (AvgIpc) is 2.39. The van der Waals surface area contributed by atoms with Crippen molar-refractivity contribution in [2.75, 3.05) is 6.54 Å². The van der Waals surface area contributed by atoms with Crippen LogP contribution in [0.4, 0.5) is 0 Å². The molecule has 1 unspecified atom stereocenters. The van der Waals surface area contributed by atoms with Gasteiger partial charge in [-0.25, -0.2) is 13.1 Å². The summed E-state index contributed by atoms with van der Waals surface area (Å²) in [6.45, 7) is 5.23. The van der Waals surface area contributed by atoms with E-state index in [-0.39, 0.29) is 23.4 Å². The smallest absolute Gasteiger partial charge is 0.241 e. The van der Waals surface area contributed by atoms with E-state index in [2.05, 4.69) is 10.0 Å². The van der Waals surface area contributed by atoms with Crippen molar-refractivity contribution < 1.29 is 13.2 Å². The Kier molecular flexibility index (Phi) is 5.98. The van der Waals surface area contributed by atoms with Crippen LogP contribution in [-0.2, 0) is 14.8 Å². The molecule has 1 rings (SSSR count). The number of hydrogen-bond donors (Lipinski definition) is 2. The normalized spacial score (nSPS) is 13.0. The molecule has 0 spiro atoms. The third-order valence-corrected chi connectivity index (χ3v) is 4.71. The number of amides is 1. The van der Waals surface area contributed by atoms with E-state index >= 15 is 0 Å². The van der Waals surface area contributed by atoms with Gasteiger partial charge in [0.2, 0.25) is 15.9 Å². The SMILES string of the molecule is CCC(C)NC(=O)CNS(=O)(=O)c1ccc(Cl)c(C)c1. The number of benzene rings is 1. The molecule has 2 N–H and O–H groups in total. The molecule has 0 aliphatic carbocycles. The molecule has 0 radical (unpaired) electrons. The van der Waals surface area contributed by atoms with Crippen molar-refractivity contribution in [2.24, 2.45) is 0 Å². The first-order valence-electron chi connectivity index (χ1n) is 6.31. The summed E-state index contributed by atoms with van der Waals surface area (Å²) in [7, 11) is -3.71. The van der Waals surface area contributed by atoms with E-state index in [4.69, 9.17) is 11.6 Å². The van der Waals surface area contributed by atoms with Gasteiger partial charge in [0.25, 0.3) is 0 Å². The summed E-state index contributed by atoms with van der Waals surface area (Å²) in [5.41, 5.74) is 0.665. The Morgan fingerprint density at radius 2 is 2.05 bits per heavy atom. The topological polar surface area (TPSA) is 75.3 Å². The highest BCUT2D eigenvalue weighted by molar-refractivity contribution is 7.89. The molecular weight excluding hydrogens is 300 g/mol. The lowest BCUT2D eigenvalue weighted by Crippen LogP contribution is -2.40. The van der Waals surface area contributed by atoms with Crippen LogP contribution in [-0.4, -0.2) is 26.9 Å². The lowest BCUT2D eigenvalue weighted by atomic mass is 10.2. The van der Waals surface area contributed by atoms with Gasteiger partial charge in [-0.2, -0.15) is 0 Å². The standard InChI is InChI=1S/C13H19ClN2O3S/c1-4-10(3)16-13(17)8-15-20(18,19)11-5-6-12(14)9(2)7-11/h5-7,10,15H,4,8H2,1-3H3,(H,16,17). The van der Waals surface area contributed by atoms with Gasteiger partial charge in [-0.3, -0.25) is 4.79 Å². The van der Waals surface area contributed by atoms with E-state index < -0.39 is 10.0 Å². The highest BCUT2D eigenvalue weighted by atomic mass is 35.5. The van der Waals surface area contributed by atoms with Crippen molar-refractivity contribution in [1.29, 1.82) is 0 Å². The maximum Gasteiger partial charge on any atom is 0.241 e. The predicted molar refractivity (Wildman–Crippen MR) is 79.3 cm³/mol. The summed E-state index contributed by atoms with van der Waals surface area (Å²) in [5, 5.41) is 3.19. The molecule has 0 aliphatic rings. The highest BCUT2D eigenvalue weighted by Gasteiger charge is 2.16. The third-order valence-electron chi connectivity index (χ3n) is 2.88. The molecule has 112 valence electrons. The maximum atomic E-state index is 12.0. The zero-order valence-corrected chi connectivity index (χ0v) is 13.3. The molecule has 0 aromatic heterocycles. The van der Waals surface area contributed by atoms with E-state index in [0.717, 1.165) is 6.42 Å². The Labute approximate surface area is 124 Å². The molecule has 1 aromatic carbocycles. The van der Waals surface area contributed by atoms with Gasteiger partial charge in [0.05, 0.1) is 11.4 Å². The third kappa shape index (κ3) is 4.77. The summed E-state index contributed by atoms with van der Waals surface area (Å²) in [6.07, 6.45) is 0.787. The molecule has 0 bridgehead atoms.